The van der Waals surface area contributed by atoms with Crippen molar-refractivity contribution in [2.45, 2.75) is 12.5 Å². The average Bonchev–Trinajstić information content (AvgIpc) is 3.11. The van der Waals surface area contributed by atoms with Gasteiger partial charge in [0.05, 0.1) is 17.7 Å². The number of rotatable bonds is 5. The maximum atomic E-state index is 12.9. The number of anilines is 1. The lowest BCUT2D eigenvalue weighted by Crippen LogP contribution is -2.44. The Bertz CT molecular complexity index is 1130. The molecule has 0 aliphatic carbocycles. The Kier molecular flexibility index (Phi) is 6.02. The van der Waals surface area contributed by atoms with E-state index in [0.29, 0.717) is 22.9 Å². The zero-order valence-electron chi connectivity index (χ0n) is 16.4. The Morgan fingerprint density at radius 3 is 2.65 bits per heavy atom. The normalized spacial score (nSPS) is 21.1. The van der Waals surface area contributed by atoms with Gasteiger partial charge in [-0.05, 0) is 48.4 Å². The highest BCUT2D eigenvalue weighted by Crippen LogP contribution is 2.30. The zero-order chi connectivity index (χ0) is 22.0. The summed E-state index contributed by atoms with van der Waals surface area (Å²) in [6.07, 6.45) is 1.87. The van der Waals surface area contributed by atoms with Crippen LogP contribution in [0.15, 0.2) is 60.0 Å². The number of hydrogen-bond donors (Lipinski definition) is 0. The molecule has 2 aromatic carbocycles. The van der Waals surface area contributed by atoms with Crippen LogP contribution in [0.5, 0.6) is 5.75 Å². The van der Waals surface area contributed by atoms with E-state index in [4.69, 9.17) is 21.1 Å². The number of benzene rings is 2. The van der Waals surface area contributed by atoms with Crippen LogP contribution in [0, 0.1) is 5.92 Å². The summed E-state index contributed by atoms with van der Waals surface area (Å²) in [7, 11) is -3.37. The van der Waals surface area contributed by atoms with Gasteiger partial charge in [0.2, 0.25) is 0 Å². The second-order valence-electron chi connectivity index (χ2n) is 7.40. The topological polar surface area (TPSA) is 90.0 Å². The molecule has 0 spiro atoms. The van der Waals surface area contributed by atoms with E-state index in [0.717, 1.165) is 11.0 Å². The maximum absolute atomic E-state index is 12.9. The van der Waals surface area contributed by atoms with Gasteiger partial charge in [-0.1, -0.05) is 29.8 Å². The quantitative estimate of drug-likeness (QED) is 0.636. The molecule has 9 heteroatoms. The van der Waals surface area contributed by atoms with Gasteiger partial charge >= 0.3 is 5.97 Å². The van der Waals surface area contributed by atoms with Crippen LogP contribution in [0.25, 0.3) is 0 Å². The predicted octanol–water partition coefficient (Wildman–Crippen LogP) is 2.78. The van der Waals surface area contributed by atoms with Gasteiger partial charge in [-0.25, -0.2) is 8.42 Å². The lowest BCUT2D eigenvalue weighted by Gasteiger charge is -2.28. The summed E-state index contributed by atoms with van der Waals surface area (Å²) in [5.41, 5.74) is 1.33. The fourth-order valence-electron chi connectivity index (χ4n) is 3.66. The first-order chi connectivity index (χ1) is 14.8. The molecule has 0 fully saturated rings. The van der Waals surface area contributed by atoms with Gasteiger partial charge < -0.3 is 14.4 Å². The molecule has 0 saturated heterocycles. The van der Waals surface area contributed by atoms with Gasteiger partial charge in [0.25, 0.3) is 5.91 Å². The molecule has 0 radical (unpaired) electrons. The molecule has 0 N–H and O–H groups in total. The Labute approximate surface area is 185 Å². The summed E-state index contributed by atoms with van der Waals surface area (Å²) < 4.78 is 34.6. The molecular weight excluding hydrogens is 442 g/mol. The standard InChI is InChI=1S/C22H20ClNO6S/c23-17-6-7-20-15(11-17)10-16(12-29-20)22(26)30-13-21(25)24(18-4-2-1-3-5-18)19-8-9-31(27,28)14-19/h1-9,11,16,19H,10,12-14H2. The number of halogens is 1. The number of carbonyl (C=O) groups is 2. The first kappa shape index (κ1) is 21.4. The highest BCUT2D eigenvalue weighted by molar-refractivity contribution is 7.94. The van der Waals surface area contributed by atoms with Crippen LogP contribution in [0.1, 0.15) is 5.56 Å². The lowest BCUT2D eigenvalue weighted by atomic mass is 9.97. The number of para-hydroxylation sites is 1. The van der Waals surface area contributed by atoms with Crippen molar-refractivity contribution in [3.63, 3.8) is 0 Å². The fourth-order valence-corrected chi connectivity index (χ4v) is 5.13. The van der Waals surface area contributed by atoms with Crippen molar-refractivity contribution in [2.24, 2.45) is 5.92 Å². The predicted molar refractivity (Wildman–Crippen MR) is 116 cm³/mol. The van der Waals surface area contributed by atoms with Crippen molar-refractivity contribution in [1.82, 2.24) is 0 Å². The van der Waals surface area contributed by atoms with Gasteiger partial charge in [-0.15, -0.1) is 0 Å². The van der Waals surface area contributed by atoms with Crippen LogP contribution in [-0.4, -0.2) is 45.3 Å². The molecule has 0 saturated carbocycles. The minimum absolute atomic E-state index is 0.146. The molecule has 0 aromatic heterocycles. The van der Waals surface area contributed by atoms with E-state index in [1.807, 2.05) is 0 Å². The van der Waals surface area contributed by atoms with E-state index in [2.05, 4.69) is 0 Å². The van der Waals surface area contributed by atoms with Crippen LogP contribution in [0.2, 0.25) is 5.02 Å². The Morgan fingerprint density at radius 1 is 1.16 bits per heavy atom. The number of esters is 1. The highest BCUT2D eigenvalue weighted by Gasteiger charge is 2.33. The second-order valence-corrected chi connectivity index (χ2v) is 9.76. The third-order valence-corrected chi connectivity index (χ3v) is 6.76. The van der Waals surface area contributed by atoms with Crippen molar-refractivity contribution in [1.29, 1.82) is 0 Å². The Balaban J connectivity index is 1.43. The number of fused-ring (bicyclic) bond motifs is 1. The number of ether oxygens (including phenoxy) is 2. The second kappa shape index (κ2) is 8.72. The van der Waals surface area contributed by atoms with Crippen LogP contribution in [0.4, 0.5) is 5.69 Å². The molecule has 1 amide bonds. The van der Waals surface area contributed by atoms with E-state index in [1.165, 1.54) is 11.0 Å². The summed E-state index contributed by atoms with van der Waals surface area (Å²) in [5.74, 6) is -1.16. The van der Waals surface area contributed by atoms with Crippen LogP contribution in [-0.2, 0) is 30.6 Å². The molecule has 0 bridgehead atoms. The largest absolute Gasteiger partial charge is 0.492 e. The van der Waals surface area contributed by atoms with Gasteiger partial charge in [0.1, 0.15) is 12.4 Å². The monoisotopic (exact) mass is 461 g/mol. The number of hydrogen-bond acceptors (Lipinski definition) is 6. The molecule has 2 aliphatic heterocycles. The van der Waals surface area contributed by atoms with E-state index in [9.17, 15) is 18.0 Å². The molecule has 2 aliphatic rings. The molecule has 2 unspecified atom stereocenters. The van der Waals surface area contributed by atoms with Crippen molar-refractivity contribution >= 4 is 39.0 Å². The fraction of sp³-hybridized carbons (Fsp3) is 0.273. The van der Waals surface area contributed by atoms with Gasteiger partial charge in [-0.2, -0.15) is 0 Å². The number of nitrogens with zero attached hydrogens (tertiary/aromatic N) is 1. The average molecular weight is 462 g/mol. The lowest BCUT2D eigenvalue weighted by molar-refractivity contribution is -0.153. The number of carbonyl (C=O) groups excluding carboxylic acids is 2. The third-order valence-electron chi connectivity index (χ3n) is 5.15. The van der Waals surface area contributed by atoms with E-state index >= 15 is 0 Å². The Morgan fingerprint density at radius 2 is 1.94 bits per heavy atom. The van der Waals surface area contributed by atoms with Crippen molar-refractivity contribution in [3.8, 4) is 5.75 Å². The van der Waals surface area contributed by atoms with Gasteiger partial charge in [-0.3, -0.25) is 9.59 Å². The third kappa shape index (κ3) is 4.91. The summed E-state index contributed by atoms with van der Waals surface area (Å²) in [5, 5.41) is 1.65. The molecule has 2 atom stereocenters. The molecule has 4 rings (SSSR count). The maximum Gasteiger partial charge on any atom is 0.313 e. The molecule has 7 nitrogen and oxygen atoms in total. The van der Waals surface area contributed by atoms with Crippen LogP contribution < -0.4 is 9.64 Å². The number of amides is 1. The Hall–Kier alpha value is -2.84. The van der Waals surface area contributed by atoms with Gasteiger partial charge in [0, 0.05) is 16.1 Å². The van der Waals surface area contributed by atoms with E-state index in [-0.39, 0.29) is 12.4 Å². The van der Waals surface area contributed by atoms with E-state index < -0.39 is 40.3 Å². The molecular formula is C22H20ClNO6S. The summed E-state index contributed by atoms with van der Waals surface area (Å²) >= 11 is 6.01. The minimum Gasteiger partial charge on any atom is -0.492 e. The minimum atomic E-state index is -3.37. The molecule has 2 aromatic rings. The first-order valence-corrected chi connectivity index (χ1v) is 11.8. The van der Waals surface area contributed by atoms with Crippen LogP contribution in [0.3, 0.4) is 0 Å². The van der Waals surface area contributed by atoms with Gasteiger partial charge in [0.15, 0.2) is 16.4 Å². The molecule has 2 heterocycles. The van der Waals surface area contributed by atoms with E-state index in [1.54, 1.807) is 48.5 Å². The molecule has 162 valence electrons. The zero-order valence-corrected chi connectivity index (χ0v) is 18.0. The highest BCUT2D eigenvalue weighted by atomic mass is 35.5. The van der Waals surface area contributed by atoms with Crippen molar-refractivity contribution in [2.75, 3.05) is 23.9 Å². The van der Waals surface area contributed by atoms with Crippen LogP contribution >= 0.6 is 11.6 Å². The summed E-state index contributed by atoms with van der Waals surface area (Å²) in [6.45, 7) is -0.356. The smallest absolute Gasteiger partial charge is 0.313 e. The van der Waals surface area contributed by atoms with Crippen molar-refractivity contribution in [3.05, 3.63) is 70.6 Å². The SMILES string of the molecule is O=C(OCC(=O)N(c1ccccc1)C1C=CS(=O)(=O)C1)C1COc2ccc(Cl)cc2C1. The summed E-state index contributed by atoms with van der Waals surface area (Å²) in [6, 6.07) is 13.2. The first-order valence-electron chi connectivity index (χ1n) is 9.68. The van der Waals surface area contributed by atoms with Crippen molar-refractivity contribution < 1.29 is 27.5 Å². The number of sulfone groups is 1. The molecule has 31 heavy (non-hydrogen) atoms. The summed E-state index contributed by atoms with van der Waals surface area (Å²) in [4.78, 5) is 26.9.